The molecular formula is C13H11BO2. The van der Waals surface area contributed by atoms with E-state index < -0.39 is 7.12 Å². The van der Waals surface area contributed by atoms with Gasteiger partial charge in [-0.15, -0.1) is 0 Å². The lowest BCUT2D eigenvalue weighted by molar-refractivity contribution is 0.431. The molecule has 78 valence electrons. The van der Waals surface area contributed by atoms with Crippen LogP contribution in [0.3, 0.4) is 0 Å². The van der Waals surface area contributed by atoms with Crippen molar-refractivity contribution in [1.29, 1.82) is 0 Å². The van der Waals surface area contributed by atoms with Crippen molar-refractivity contribution in [1.82, 2.24) is 0 Å². The fourth-order valence-electron chi connectivity index (χ4n) is 2.11. The van der Waals surface area contributed by atoms with Gasteiger partial charge in [-0.25, -0.2) is 0 Å². The molecule has 0 spiro atoms. The molecule has 0 fully saturated rings. The largest absolute Gasteiger partial charge is 0.560 e. The molecular weight excluding hydrogens is 199 g/mol. The SMILES string of the molecule is Cc1ccc2c(c1)B(O)Oc1ccccc1-2. The summed E-state index contributed by atoms with van der Waals surface area (Å²) in [4.78, 5) is 0. The quantitative estimate of drug-likeness (QED) is 0.671. The fourth-order valence-corrected chi connectivity index (χ4v) is 2.11. The molecule has 16 heavy (non-hydrogen) atoms. The van der Waals surface area contributed by atoms with Crippen LogP contribution in [-0.4, -0.2) is 12.1 Å². The fraction of sp³-hybridized carbons (Fsp3) is 0.0769. The Morgan fingerprint density at radius 2 is 1.88 bits per heavy atom. The van der Waals surface area contributed by atoms with Gasteiger partial charge in [0, 0.05) is 11.0 Å². The first kappa shape index (κ1) is 9.49. The minimum absolute atomic E-state index is 0.742. The standard InChI is InChI=1S/C13H11BO2/c1-9-6-7-10-11-4-2-3-5-13(11)16-14(15)12(10)8-9/h2-8,15H,1H3. The maximum Gasteiger partial charge on any atom is 0.560 e. The number of para-hydroxylation sites is 1. The molecule has 0 saturated carbocycles. The molecule has 0 atom stereocenters. The third kappa shape index (κ3) is 1.33. The molecule has 2 aromatic carbocycles. The molecule has 2 nitrogen and oxygen atoms in total. The van der Waals surface area contributed by atoms with Gasteiger partial charge in [0.25, 0.3) is 0 Å². The molecule has 3 rings (SSSR count). The van der Waals surface area contributed by atoms with E-state index in [4.69, 9.17) is 4.65 Å². The average molecular weight is 210 g/mol. The highest BCUT2D eigenvalue weighted by Gasteiger charge is 2.29. The summed E-state index contributed by atoms with van der Waals surface area (Å²) in [5, 5.41) is 9.91. The van der Waals surface area contributed by atoms with E-state index in [-0.39, 0.29) is 0 Å². The van der Waals surface area contributed by atoms with Crippen LogP contribution in [0.2, 0.25) is 0 Å². The van der Waals surface area contributed by atoms with E-state index >= 15 is 0 Å². The van der Waals surface area contributed by atoms with Crippen LogP contribution in [0, 0.1) is 6.92 Å². The Morgan fingerprint density at radius 1 is 1.06 bits per heavy atom. The number of aryl methyl sites for hydroxylation is 1. The van der Waals surface area contributed by atoms with Crippen molar-refractivity contribution in [2.45, 2.75) is 6.92 Å². The summed E-state index contributed by atoms with van der Waals surface area (Å²) in [7, 11) is -0.857. The van der Waals surface area contributed by atoms with Gasteiger partial charge in [-0.3, -0.25) is 0 Å². The third-order valence-electron chi connectivity index (χ3n) is 2.89. The molecule has 0 bridgehead atoms. The summed E-state index contributed by atoms with van der Waals surface area (Å²) < 4.78 is 5.47. The summed E-state index contributed by atoms with van der Waals surface area (Å²) in [6.07, 6.45) is 0. The van der Waals surface area contributed by atoms with Crippen molar-refractivity contribution < 1.29 is 9.68 Å². The zero-order valence-corrected chi connectivity index (χ0v) is 8.97. The van der Waals surface area contributed by atoms with Crippen molar-refractivity contribution in [3.05, 3.63) is 48.0 Å². The molecule has 1 aliphatic heterocycles. The van der Waals surface area contributed by atoms with Crippen molar-refractivity contribution in [3.63, 3.8) is 0 Å². The molecule has 1 heterocycles. The van der Waals surface area contributed by atoms with Crippen molar-refractivity contribution in [2.75, 3.05) is 0 Å². The zero-order valence-electron chi connectivity index (χ0n) is 8.97. The number of hydrogen-bond acceptors (Lipinski definition) is 2. The number of hydrogen-bond donors (Lipinski definition) is 1. The summed E-state index contributed by atoms with van der Waals surface area (Å²) in [6.45, 7) is 2.01. The van der Waals surface area contributed by atoms with E-state index in [1.165, 1.54) is 0 Å². The summed E-state index contributed by atoms with van der Waals surface area (Å²) in [5.74, 6) is 0.742. The number of benzene rings is 2. The Bertz CT molecular complexity index is 551. The number of fused-ring (bicyclic) bond motifs is 3. The lowest BCUT2D eigenvalue weighted by Crippen LogP contribution is -2.40. The summed E-state index contributed by atoms with van der Waals surface area (Å²) >= 11 is 0. The lowest BCUT2D eigenvalue weighted by Gasteiger charge is -2.23. The summed E-state index contributed by atoms with van der Waals surface area (Å²) in [5.41, 5.74) is 4.07. The monoisotopic (exact) mass is 210 g/mol. The molecule has 1 aliphatic rings. The second-order valence-electron chi connectivity index (χ2n) is 4.06. The minimum atomic E-state index is -0.857. The van der Waals surface area contributed by atoms with Gasteiger partial charge < -0.3 is 9.68 Å². The van der Waals surface area contributed by atoms with Crippen LogP contribution in [0.25, 0.3) is 11.1 Å². The highest BCUT2D eigenvalue weighted by molar-refractivity contribution is 6.63. The van der Waals surface area contributed by atoms with E-state index in [0.29, 0.717) is 0 Å². The smallest absolute Gasteiger partial charge is 0.532 e. The Morgan fingerprint density at radius 3 is 2.75 bits per heavy atom. The van der Waals surface area contributed by atoms with Crippen LogP contribution in [0.1, 0.15) is 5.56 Å². The van der Waals surface area contributed by atoms with Crippen molar-refractivity contribution in [2.24, 2.45) is 0 Å². The van der Waals surface area contributed by atoms with Crippen LogP contribution in [0.4, 0.5) is 0 Å². The van der Waals surface area contributed by atoms with Gasteiger partial charge in [-0.1, -0.05) is 42.0 Å². The van der Waals surface area contributed by atoms with Crippen LogP contribution < -0.4 is 10.1 Å². The maximum atomic E-state index is 9.91. The molecule has 0 amide bonds. The highest BCUT2D eigenvalue weighted by Crippen LogP contribution is 2.32. The van der Waals surface area contributed by atoms with Gasteiger partial charge >= 0.3 is 7.12 Å². The minimum Gasteiger partial charge on any atom is -0.532 e. The molecule has 1 N–H and O–H groups in total. The van der Waals surface area contributed by atoms with Gasteiger partial charge in [0.2, 0.25) is 0 Å². The normalized spacial score (nSPS) is 12.8. The van der Waals surface area contributed by atoms with Gasteiger partial charge in [0.15, 0.2) is 0 Å². The predicted molar refractivity (Wildman–Crippen MR) is 64.8 cm³/mol. The predicted octanol–water partition coefficient (Wildman–Crippen LogP) is 1.74. The van der Waals surface area contributed by atoms with Gasteiger partial charge in [-0.05, 0) is 18.6 Å². The first-order chi connectivity index (χ1) is 7.75. The molecule has 2 aromatic rings. The highest BCUT2D eigenvalue weighted by atomic mass is 16.5. The van der Waals surface area contributed by atoms with Crippen LogP contribution in [-0.2, 0) is 0 Å². The van der Waals surface area contributed by atoms with Gasteiger partial charge in [0.05, 0.1) is 0 Å². The van der Waals surface area contributed by atoms with Gasteiger partial charge in [-0.2, -0.15) is 0 Å². The molecule has 0 aromatic heterocycles. The molecule has 0 radical (unpaired) electrons. The van der Waals surface area contributed by atoms with Gasteiger partial charge in [0.1, 0.15) is 5.75 Å². The van der Waals surface area contributed by atoms with Crippen LogP contribution in [0.5, 0.6) is 5.75 Å². The van der Waals surface area contributed by atoms with Crippen molar-refractivity contribution in [3.8, 4) is 16.9 Å². The van der Waals surface area contributed by atoms with E-state index in [1.807, 2.05) is 49.4 Å². The zero-order chi connectivity index (χ0) is 11.1. The second-order valence-corrected chi connectivity index (χ2v) is 4.06. The Hall–Kier alpha value is -1.74. The van der Waals surface area contributed by atoms with E-state index in [0.717, 1.165) is 27.9 Å². The Kier molecular flexibility index (Phi) is 2.01. The van der Waals surface area contributed by atoms with Crippen LogP contribution >= 0.6 is 0 Å². The molecule has 0 aliphatic carbocycles. The Balaban J connectivity index is 2.28. The Labute approximate surface area is 94.6 Å². The lowest BCUT2D eigenvalue weighted by atomic mass is 9.72. The average Bonchev–Trinajstić information content (AvgIpc) is 2.29. The van der Waals surface area contributed by atoms with E-state index in [2.05, 4.69) is 0 Å². The maximum absolute atomic E-state index is 9.91. The van der Waals surface area contributed by atoms with Crippen molar-refractivity contribution >= 4 is 12.6 Å². The first-order valence-corrected chi connectivity index (χ1v) is 5.30. The number of rotatable bonds is 0. The van der Waals surface area contributed by atoms with E-state index in [9.17, 15) is 5.02 Å². The third-order valence-corrected chi connectivity index (χ3v) is 2.89. The molecule has 0 saturated heterocycles. The molecule has 3 heteroatoms. The first-order valence-electron chi connectivity index (χ1n) is 5.30. The second kappa shape index (κ2) is 3.39. The topological polar surface area (TPSA) is 29.5 Å². The van der Waals surface area contributed by atoms with Crippen LogP contribution in [0.15, 0.2) is 42.5 Å². The summed E-state index contributed by atoms with van der Waals surface area (Å²) in [6, 6.07) is 13.8. The molecule has 0 unspecified atom stereocenters. The van der Waals surface area contributed by atoms with E-state index in [1.54, 1.807) is 0 Å².